The molecule has 136 valence electrons. The maximum Gasteiger partial charge on any atom is 0.261 e. The van der Waals surface area contributed by atoms with Crippen molar-refractivity contribution in [2.75, 3.05) is 5.32 Å². The van der Waals surface area contributed by atoms with Gasteiger partial charge in [-0.3, -0.25) is 4.79 Å². The van der Waals surface area contributed by atoms with Gasteiger partial charge in [-0.25, -0.2) is 14.2 Å². The van der Waals surface area contributed by atoms with E-state index in [9.17, 15) is 4.79 Å². The minimum absolute atomic E-state index is 0.248. The molecule has 0 aliphatic rings. The molecule has 0 saturated heterocycles. The van der Waals surface area contributed by atoms with Crippen molar-refractivity contribution in [2.45, 2.75) is 20.6 Å². The number of fused-ring (bicyclic) bond motifs is 1. The Balaban J connectivity index is 1.42. The van der Waals surface area contributed by atoms with Gasteiger partial charge in [-0.2, -0.15) is 10.2 Å². The van der Waals surface area contributed by atoms with Crippen molar-refractivity contribution >= 4 is 17.2 Å². The summed E-state index contributed by atoms with van der Waals surface area (Å²) >= 11 is 0. The first kappa shape index (κ1) is 16.8. The molecule has 0 aliphatic heterocycles. The number of ether oxygens (including phenoxy) is 1. The molecule has 0 spiro atoms. The monoisotopic (exact) mass is 362 g/mol. The number of hydrogen-bond donors (Lipinski definition) is 1. The molecule has 4 rings (SSSR count). The van der Waals surface area contributed by atoms with E-state index in [2.05, 4.69) is 26.6 Å². The molecule has 27 heavy (non-hydrogen) atoms. The summed E-state index contributed by atoms with van der Waals surface area (Å²) in [4.78, 5) is 16.7. The van der Waals surface area contributed by atoms with E-state index in [-0.39, 0.29) is 12.6 Å². The second kappa shape index (κ2) is 6.91. The lowest BCUT2D eigenvalue weighted by Crippen LogP contribution is -2.11. The van der Waals surface area contributed by atoms with E-state index in [1.807, 2.05) is 26.0 Å². The lowest BCUT2D eigenvalue weighted by Gasteiger charge is -2.09. The zero-order valence-electron chi connectivity index (χ0n) is 15.0. The SMILES string of the molecule is Cc1ccc(OCn2cc(NC(=O)c3cnn4cccnc34)cn2)c(C)c1. The number of carbonyl (C=O) groups excluding carboxylic acids is 1. The predicted molar refractivity (Wildman–Crippen MR) is 99.7 cm³/mol. The summed E-state index contributed by atoms with van der Waals surface area (Å²) in [6.07, 6.45) is 8.13. The molecular formula is C19H18N6O2. The van der Waals surface area contributed by atoms with Crippen molar-refractivity contribution in [3.05, 3.63) is 71.9 Å². The highest BCUT2D eigenvalue weighted by atomic mass is 16.5. The topological polar surface area (TPSA) is 86.3 Å². The fraction of sp³-hybridized carbons (Fsp3) is 0.158. The fourth-order valence-electron chi connectivity index (χ4n) is 2.78. The zero-order valence-corrected chi connectivity index (χ0v) is 15.0. The van der Waals surface area contributed by atoms with Crippen LogP contribution in [0, 0.1) is 13.8 Å². The van der Waals surface area contributed by atoms with Gasteiger partial charge in [0.2, 0.25) is 0 Å². The minimum Gasteiger partial charge on any atom is -0.471 e. The first-order chi connectivity index (χ1) is 13.1. The van der Waals surface area contributed by atoms with Crippen LogP contribution in [0.3, 0.4) is 0 Å². The molecule has 3 aromatic heterocycles. The van der Waals surface area contributed by atoms with Crippen LogP contribution in [0.2, 0.25) is 0 Å². The third-order valence-electron chi connectivity index (χ3n) is 4.10. The highest BCUT2D eigenvalue weighted by molar-refractivity contribution is 6.07. The molecule has 8 heteroatoms. The molecule has 1 amide bonds. The summed E-state index contributed by atoms with van der Waals surface area (Å²) in [6.45, 7) is 4.29. The molecular weight excluding hydrogens is 344 g/mol. The smallest absolute Gasteiger partial charge is 0.261 e. The Hall–Kier alpha value is -3.68. The third-order valence-corrected chi connectivity index (χ3v) is 4.10. The van der Waals surface area contributed by atoms with Gasteiger partial charge in [-0.15, -0.1) is 0 Å². The van der Waals surface area contributed by atoms with Crippen molar-refractivity contribution < 1.29 is 9.53 Å². The molecule has 8 nitrogen and oxygen atoms in total. The molecule has 0 unspecified atom stereocenters. The number of anilines is 1. The van der Waals surface area contributed by atoms with Gasteiger partial charge in [0, 0.05) is 12.4 Å². The molecule has 0 fully saturated rings. The summed E-state index contributed by atoms with van der Waals surface area (Å²) < 4.78 is 8.96. The van der Waals surface area contributed by atoms with Crippen LogP contribution in [-0.4, -0.2) is 30.3 Å². The second-order valence-corrected chi connectivity index (χ2v) is 6.21. The van der Waals surface area contributed by atoms with Gasteiger partial charge in [0.1, 0.15) is 11.3 Å². The average molecular weight is 362 g/mol. The largest absolute Gasteiger partial charge is 0.471 e. The number of nitrogens with one attached hydrogen (secondary N) is 1. The van der Waals surface area contributed by atoms with Crippen molar-refractivity contribution in [1.29, 1.82) is 0 Å². The van der Waals surface area contributed by atoms with Crippen LogP contribution < -0.4 is 10.1 Å². The molecule has 1 aromatic carbocycles. The number of carbonyl (C=O) groups is 1. The number of hydrogen-bond acceptors (Lipinski definition) is 5. The molecule has 0 radical (unpaired) electrons. The maximum absolute atomic E-state index is 12.5. The van der Waals surface area contributed by atoms with E-state index in [1.54, 1.807) is 40.1 Å². The first-order valence-electron chi connectivity index (χ1n) is 8.42. The van der Waals surface area contributed by atoms with Crippen LogP contribution in [0.15, 0.2) is 55.2 Å². The Morgan fingerprint density at radius 1 is 1.22 bits per heavy atom. The van der Waals surface area contributed by atoms with E-state index in [1.165, 1.54) is 11.8 Å². The quantitative estimate of drug-likeness (QED) is 0.590. The van der Waals surface area contributed by atoms with Crippen LogP contribution in [0.5, 0.6) is 5.75 Å². The molecule has 0 atom stereocenters. The highest BCUT2D eigenvalue weighted by Crippen LogP contribution is 2.19. The summed E-state index contributed by atoms with van der Waals surface area (Å²) in [6, 6.07) is 7.76. The third kappa shape index (κ3) is 3.50. The maximum atomic E-state index is 12.5. The Bertz CT molecular complexity index is 1110. The van der Waals surface area contributed by atoms with Crippen LogP contribution in [-0.2, 0) is 6.73 Å². The van der Waals surface area contributed by atoms with E-state index < -0.39 is 0 Å². The number of rotatable bonds is 5. The van der Waals surface area contributed by atoms with E-state index in [0.29, 0.717) is 16.9 Å². The summed E-state index contributed by atoms with van der Waals surface area (Å²) in [5.41, 5.74) is 3.72. The highest BCUT2D eigenvalue weighted by Gasteiger charge is 2.14. The van der Waals surface area contributed by atoms with E-state index >= 15 is 0 Å². The van der Waals surface area contributed by atoms with Crippen molar-refractivity contribution in [3.63, 3.8) is 0 Å². The van der Waals surface area contributed by atoms with Gasteiger partial charge in [-0.1, -0.05) is 17.7 Å². The van der Waals surface area contributed by atoms with Crippen molar-refractivity contribution in [2.24, 2.45) is 0 Å². The van der Waals surface area contributed by atoms with Crippen LogP contribution in [0.4, 0.5) is 5.69 Å². The molecule has 3 heterocycles. The molecule has 0 aliphatic carbocycles. The number of aryl methyl sites for hydroxylation is 2. The number of benzene rings is 1. The van der Waals surface area contributed by atoms with Gasteiger partial charge in [0.05, 0.1) is 24.3 Å². The Kier molecular flexibility index (Phi) is 4.29. The molecule has 4 aromatic rings. The lowest BCUT2D eigenvalue weighted by atomic mass is 10.1. The van der Waals surface area contributed by atoms with Crippen molar-refractivity contribution in [3.8, 4) is 5.75 Å². The Morgan fingerprint density at radius 3 is 2.96 bits per heavy atom. The van der Waals surface area contributed by atoms with Crippen LogP contribution >= 0.6 is 0 Å². The van der Waals surface area contributed by atoms with Crippen LogP contribution in [0.1, 0.15) is 21.5 Å². The first-order valence-corrected chi connectivity index (χ1v) is 8.42. The van der Waals surface area contributed by atoms with Gasteiger partial charge in [0.25, 0.3) is 5.91 Å². The van der Waals surface area contributed by atoms with E-state index in [0.717, 1.165) is 11.3 Å². The molecule has 0 bridgehead atoms. The number of amides is 1. The van der Waals surface area contributed by atoms with Crippen molar-refractivity contribution in [1.82, 2.24) is 24.4 Å². The Morgan fingerprint density at radius 2 is 2.11 bits per heavy atom. The lowest BCUT2D eigenvalue weighted by molar-refractivity contribution is 0.102. The predicted octanol–water partition coefficient (Wildman–Crippen LogP) is 2.83. The minimum atomic E-state index is -0.293. The molecule has 0 saturated carbocycles. The van der Waals surface area contributed by atoms with Gasteiger partial charge < -0.3 is 10.1 Å². The summed E-state index contributed by atoms with van der Waals surface area (Å²) in [7, 11) is 0. The fourth-order valence-corrected chi connectivity index (χ4v) is 2.78. The second-order valence-electron chi connectivity index (χ2n) is 6.21. The van der Waals surface area contributed by atoms with Gasteiger partial charge in [0.15, 0.2) is 12.4 Å². The number of aromatic nitrogens is 5. The summed E-state index contributed by atoms with van der Waals surface area (Å²) in [5.74, 6) is 0.512. The Labute approximate surface area is 155 Å². The van der Waals surface area contributed by atoms with Gasteiger partial charge in [-0.05, 0) is 31.5 Å². The normalized spacial score (nSPS) is 10.9. The van der Waals surface area contributed by atoms with E-state index in [4.69, 9.17) is 4.74 Å². The van der Waals surface area contributed by atoms with Crippen LogP contribution in [0.25, 0.3) is 5.65 Å². The summed E-state index contributed by atoms with van der Waals surface area (Å²) in [5, 5.41) is 11.1. The van der Waals surface area contributed by atoms with Gasteiger partial charge >= 0.3 is 0 Å². The molecule has 1 N–H and O–H groups in total. The average Bonchev–Trinajstić information content (AvgIpc) is 3.27. The zero-order chi connectivity index (χ0) is 18.8. The number of nitrogens with zero attached hydrogens (tertiary/aromatic N) is 5. The standard InChI is InChI=1S/C19H18N6O2/c1-13-4-5-17(14(2)8-13)27-12-24-11-15(9-21-24)23-19(26)16-10-22-25-7-3-6-20-18(16)25/h3-11H,12H2,1-2H3,(H,23,26).